The Morgan fingerprint density at radius 1 is 1.10 bits per heavy atom. The Morgan fingerprint density at radius 3 is 1.90 bits per heavy atom. The number of hydrogen-bond donors (Lipinski definition) is 2. The zero-order valence-electron chi connectivity index (χ0n) is 12.1. The Balaban J connectivity index is 2.12. The van der Waals surface area contributed by atoms with E-state index >= 15 is 0 Å². The van der Waals surface area contributed by atoms with Crippen LogP contribution in [0, 0.1) is 10.8 Å². The van der Waals surface area contributed by atoms with Crippen molar-refractivity contribution in [2.24, 2.45) is 16.0 Å². The number of rotatable bonds is 3. The van der Waals surface area contributed by atoms with Crippen LogP contribution in [0.25, 0.3) is 0 Å². The van der Waals surface area contributed by atoms with E-state index in [1.54, 1.807) is 0 Å². The molecule has 0 radical (unpaired) electrons. The molecular weight excluding hydrogens is 276 g/mol. The van der Waals surface area contributed by atoms with E-state index in [4.69, 9.17) is 5.14 Å². The van der Waals surface area contributed by atoms with Crippen LogP contribution in [-0.2, 0) is 10.0 Å². The smallest absolute Gasteiger partial charge is 0.251 e. The predicted octanol–water partition coefficient (Wildman–Crippen LogP) is 1.50. The number of primary sulfonamides is 1. The van der Waals surface area contributed by atoms with Crippen molar-refractivity contribution in [1.82, 2.24) is 5.32 Å². The average Bonchev–Trinajstić information content (AvgIpc) is 2.71. The van der Waals surface area contributed by atoms with Crippen LogP contribution >= 0.6 is 0 Å². The molecule has 20 heavy (non-hydrogen) atoms. The highest BCUT2D eigenvalue weighted by Crippen LogP contribution is 2.62. The highest BCUT2D eigenvalue weighted by Gasteiger charge is 2.65. The minimum absolute atomic E-state index is 0.00105. The zero-order chi connectivity index (χ0) is 15.3. The fraction of sp³-hybridized carbons (Fsp3) is 0.500. The van der Waals surface area contributed by atoms with Gasteiger partial charge in [0, 0.05) is 11.6 Å². The molecule has 0 aliphatic heterocycles. The summed E-state index contributed by atoms with van der Waals surface area (Å²) in [5, 5.41) is 8.01. The van der Waals surface area contributed by atoms with E-state index in [2.05, 4.69) is 33.0 Å². The molecule has 1 aliphatic carbocycles. The molecule has 1 fully saturated rings. The topological polar surface area (TPSA) is 89.3 Å². The van der Waals surface area contributed by atoms with Crippen molar-refractivity contribution in [3.8, 4) is 0 Å². The first-order valence-corrected chi connectivity index (χ1v) is 7.96. The maximum absolute atomic E-state index is 12.1. The van der Waals surface area contributed by atoms with Gasteiger partial charge in [-0.05, 0) is 35.1 Å². The van der Waals surface area contributed by atoms with Gasteiger partial charge in [0.2, 0.25) is 10.0 Å². The summed E-state index contributed by atoms with van der Waals surface area (Å²) >= 11 is 0. The third kappa shape index (κ3) is 2.33. The molecule has 110 valence electrons. The Labute approximate surface area is 119 Å². The second-order valence-corrected chi connectivity index (χ2v) is 7.98. The molecule has 2 rings (SSSR count). The lowest BCUT2D eigenvalue weighted by atomic mass is 10.0. The third-order valence-electron chi connectivity index (χ3n) is 4.74. The molecule has 0 saturated heterocycles. The summed E-state index contributed by atoms with van der Waals surface area (Å²) in [6.45, 7) is 8.45. The van der Waals surface area contributed by atoms with Crippen molar-refractivity contribution in [2.75, 3.05) is 0 Å². The van der Waals surface area contributed by atoms with Gasteiger partial charge in [0.05, 0.1) is 4.90 Å². The van der Waals surface area contributed by atoms with Crippen molar-refractivity contribution in [2.45, 2.75) is 38.6 Å². The average molecular weight is 296 g/mol. The van der Waals surface area contributed by atoms with E-state index in [1.165, 1.54) is 24.3 Å². The first-order chi connectivity index (χ1) is 8.98. The van der Waals surface area contributed by atoms with Crippen LogP contribution in [0.5, 0.6) is 0 Å². The van der Waals surface area contributed by atoms with Crippen molar-refractivity contribution in [3.63, 3.8) is 0 Å². The van der Waals surface area contributed by atoms with E-state index in [-0.39, 0.29) is 27.7 Å². The first kappa shape index (κ1) is 15.0. The Morgan fingerprint density at radius 2 is 1.55 bits per heavy atom. The van der Waals surface area contributed by atoms with Gasteiger partial charge in [-0.3, -0.25) is 4.79 Å². The molecule has 1 aromatic rings. The van der Waals surface area contributed by atoms with E-state index in [0.29, 0.717) is 5.56 Å². The predicted molar refractivity (Wildman–Crippen MR) is 76.6 cm³/mol. The molecule has 0 unspecified atom stereocenters. The number of amides is 1. The van der Waals surface area contributed by atoms with Crippen molar-refractivity contribution in [1.29, 1.82) is 0 Å². The molecule has 0 heterocycles. The standard InChI is InChI=1S/C14H20N2O3S/c1-13(2)12(14(13,3)4)16-11(17)9-5-7-10(8-6-9)20(15,18)19/h5-8,12H,1-4H3,(H,16,17)(H2,15,18,19). The molecule has 1 aromatic carbocycles. The molecular formula is C14H20N2O3S. The van der Waals surface area contributed by atoms with E-state index < -0.39 is 10.0 Å². The summed E-state index contributed by atoms with van der Waals surface area (Å²) in [6, 6.07) is 5.73. The number of benzene rings is 1. The van der Waals surface area contributed by atoms with E-state index in [1.807, 2.05) is 0 Å². The molecule has 0 aromatic heterocycles. The molecule has 0 spiro atoms. The summed E-state index contributed by atoms with van der Waals surface area (Å²) < 4.78 is 22.3. The first-order valence-electron chi connectivity index (χ1n) is 6.41. The van der Waals surface area contributed by atoms with Crippen molar-refractivity contribution in [3.05, 3.63) is 29.8 Å². The molecule has 0 bridgehead atoms. The van der Waals surface area contributed by atoms with E-state index in [0.717, 1.165) is 0 Å². The molecule has 1 aliphatic rings. The monoisotopic (exact) mass is 296 g/mol. The Kier molecular flexibility index (Phi) is 3.22. The maximum atomic E-state index is 12.1. The van der Waals surface area contributed by atoms with Crippen molar-refractivity contribution < 1.29 is 13.2 Å². The minimum Gasteiger partial charge on any atom is -0.348 e. The van der Waals surface area contributed by atoms with Gasteiger partial charge >= 0.3 is 0 Å². The number of nitrogens with two attached hydrogens (primary N) is 1. The highest BCUT2D eigenvalue weighted by atomic mass is 32.2. The molecule has 5 nitrogen and oxygen atoms in total. The third-order valence-corrected chi connectivity index (χ3v) is 5.67. The van der Waals surface area contributed by atoms with Crippen LogP contribution in [0.1, 0.15) is 38.1 Å². The number of carbonyl (C=O) groups is 1. The molecule has 0 atom stereocenters. The zero-order valence-corrected chi connectivity index (χ0v) is 12.9. The summed E-state index contributed by atoms with van der Waals surface area (Å²) in [5.41, 5.74) is 0.544. The summed E-state index contributed by atoms with van der Waals surface area (Å²) in [5.74, 6) is -0.199. The molecule has 1 saturated carbocycles. The van der Waals surface area contributed by atoms with Gasteiger partial charge in [-0.2, -0.15) is 0 Å². The largest absolute Gasteiger partial charge is 0.348 e. The van der Waals surface area contributed by atoms with Crippen LogP contribution < -0.4 is 10.5 Å². The van der Waals surface area contributed by atoms with E-state index in [9.17, 15) is 13.2 Å². The van der Waals surface area contributed by atoms with Crippen molar-refractivity contribution >= 4 is 15.9 Å². The fourth-order valence-electron chi connectivity index (χ4n) is 2.57. The molecule has 3 N–H and O–H groups in total. The quantitative estimate of drug-likeness (QED) is 0.885. The van der Waals surface area contributed by atoms with Gasteiger partial charge in [0.1, 0.15) is 0 Å². The number of nitrogens with one attached hydrogen (secondary N) is 1. The van der Waals surface area contributed by atoms with Gasteiger partial charge in [-0.15, -0.1) is 0 Å². The second-order valence-electron chi connectivity index (χ2n) is 6.42. The van der Waals surface area contributed by atoms with Gasteiger partial charge in [0.25, 0.3) is 5.91 Å². The van der Waals surface area contributed by atoms with Crippen LogP contribution in [0.3, 0.4) is 0 Å². The summed E-state index contributed by atoms with van der Waals surface area (Å²) in [7, 11) is -3.72. The lowest BCUT2D eigenvalue weighted by Gasteiger charge is -2.07. The summed E-state index contributed by atoms with van der Waals surface area (Å²) in [6.07, 6.45) is 0. The summed E-state index contributed by atoms with van der Waals surface area (Å²) in [4.78, 5) is 12.1. The lowest BCUT2D eigenvalue weighted by Crippen LogP contribution is -2.29. The van der Waals surface area contributed by atoms with Crippen LogP contribution in [0.4, 0.5) is 0 Å². The SMILES string of the molecule is CC1(C)C(NC(=O)c2ccc(S(N)(=O)=O)cc2)C1(C)C. The van der Waals surface area contributed by atoms with Gasteiger partial charge < -0.3 is 5.32 Å². The number of hydrogen-bond acceptors (Lipinski definition) is 3. The molecule has 1 amide bonds. The normalized spacial score (nSPS) is 20.4. The fourth-order valence-corrected chi connectivity index (χ4v) is 3.08. The van der Waals surface area contributed by atoms with Gasteiger partial charge in [-0.25, -0.2) is 13.6 Å². The number of sulfonamides is 1. The Hall–Kier alpha value is -1.40. The number of carbonyl (C=O) groups excluding carboxylic acids is 1. The van der Waals surface area contributed by atoms with Crippen LogP contribution in [0.15, 0.2) is 29.2 Å². The Bertz CT molecular complexity index is 632. The molecule has 6 heteroatoms. The van der Waals surface area contributed by atoms with Gasteiger partial charge in [0.15, 0.2) is 0 Å². The lowest BCUT2D eigenvalue weighted by molar-refractivity contribution is 0.0943. The van der Waals surface area contributed by atoms with Gasteiger partial charge in [-0.1, -0.05) is 27.7 Å². The minimum atomic E-state index is -3.72. The maximum Gasteiger partial charge on any atom is 0.251 e. The second kappa shape index (κ2) is 4.30. The van der Waals surface area contributed by atoms with Crippen LogP contribution in [-0.4, -0.2) is 20.4 Å². The highest BCUT2D eigenvalue weighted by molar-refractivity contribution is 7.89. The van der Waals surface area contributed by atoms with Crippen LogP contribution in [0.2, 0.25) is 0 Å².